The fourth-order valence-electron chi connectivity index (χ4n) is 3.13. The highest BCUT2D eigenvalue weighted by Gasteiger charge is 2.32. The molecule has 0 unspecified atom stereocenters. The van der Waals surface area contributed by atoms with Gasteiger partial charge in [-0.25, -0.2) is 4.79 Å². The van der Waals surface area contributed by atoms with Crippen molar-refractivity contribution in [1.82, 2.24) is 4.90 Å². The molecule has 0 aliphatic rings. The van der Waals surface area contributed by atoms with Gasteiger partial charge in [-0.05, 0) is 63.4 Å². The maximum Gasteiger partial charge on any atom is 0.349 e. The third-order valence-corrected chi connectivity index (χ3v) is 4.43. The fraction of sp³-hybridized carbons (Fsp3) is 0.500. The number of ether oxygens (including phenoxy) is 2. The predicted molar refractivity (Wildman–Crippen MR) is 107 cm³/mol. The number of carbonyl (C=O) groups is 1. The molecule has 0 bridgehead atoms. The van der Waals surface area contributed by atoms with Gasteiger partial charge in [0, 0.05) is 13.1 Å². The quantitative estimate of drug-likeness (QED) is 0.626. The Kier molecular flexibility index (Phi) is 7.66. The summed E-state index contributed by atoms with van der Waals surface area (Å²) in [4.78, 5) is 14.3. The van der Waals surface area contributed by atoms with Gasteiger partial charge in [-0.15, -0.1) is 0 Å². The average Bonchev–Trinajstić information content (AvgIpc) is 3.11. The summed E-state index contributed by atoms with van der Waals surface area (Å²) in [6.07, 6.45) is 1.65. The highest BCUT2D eigenvalue weighted by atomic mass is 16.6. The largest absolute Gasteiger partial charge is 0.476 e. The minimum atomic E-state index is -1.06. The van der Waals surface area contributed by atoms with Crippen molar-refractivity contribution < 1.29 is 23.8 Å². The molecule has 0 aliphatic heterocycles. The summed E-state index contributed by atoms with van der Waals surface area (Å²) in [5, 5.41) is 9.38. The molecule has 1 N–H and O–H groups in total. The van der Waals surface area contributed by atoms with E-state index in [0.717, 1.165) is 22.5 Å². The first-order valence-corrected chi connectivity index (χ1v) is 9.58. The van der Waals surface area contributed by atoms with E-state index in [2.05, 4.69) is 17.0 Å². The molecule has 1 aromatic heterocycles. The zero-order chi connectivity index (χ0) is 20.7. The van der Waals surface area contributed by atoms with Gasteiger partial charge in [0.25, 0.3) is 0 Å². The number of nitrogens with zero attached hydrogens (tertiary/aromatic N) is 1. The van der Waals surface area contributed by atoms with Gasteiger partial charge in [0.1, 0.15) is 11.5 Å². The van der Waals surface area contributed by atoms with E-state index < -0.39 is 5.60 Å². The number of aliphatic hydroxyl groups excluding tert-OH is 1. The molecule has 6 heteroatoms. The van der Waals surface area contributed by atoms with Crippen molar-refractivity contribution in [1.29, 1.82) is 0 Å². The lowest BCUT2D eigenvalue weighted by atomic mass is 10.0. The first kappa shape index (κ1) is 22.0. The van der Waals surface area contributed by atoms with E-state index in [-0.39, 0.29) is 12.6 Å². The molecular weight excluding hydrogens is 358 g/mol. The van der Waals surface area contributed by atoms with Gasteiger partial charge in [0.15, 0.2) is 5.60 Å². The van der Waals surface area contributed by atoms with Crippen LogP contribution in [-0.2, 0) is 22.6 Å². The van der Waals surface area contributed by atoms with Gasteiger partial charge >= 0.3 is 5.97 Å². The van der Waals surface area contributed by atoms with Crippen LogP contribution in [0, 0.1) is 13.8 Å². The molecule has 0 fully saturated rings. The second-order valence-corrected chi connectivity index (χ2v) is 7.41. The van der Waals surface area contributed by atoms with Crippen LogP contribution in [-0.4, -0.2) is 41.3 Å². The normalized spacial score (nSPS) is 11.7. The Morgan fingerprint density at radius 3 is 2.43 bits per heavy atom. The smallest absolute Gasteiger partial charge is 0.349 e. The third kappa shape index (κ3) is 5.84. The van der Waals surface area contributed by atoms with E-state index >= 15 is 0 Å². The first-order valence-electron chi connectivity index (χ1n) is 9.58. The topological polar surface area (TPSA) is 72.1 Å². The van der Waals surface area contributed by atoms with E-state index in [4.69, 9.17) is 13.9 Å². The molecule has 2 aromatic rings. The van der Waals surface area contributed by atoms with Crippen molar-refractivity contribution in [3.8, 4) is 5.75 Å². The van der Waals surface area contributed by atoms with E-state index in [9.17, 15) is 9.90 Å². The first-order chi connectivity index (χ1) is 13.3. The molecule has 1 heterocycles. The summed E-state index contributed by atoms with van der Waals surface area (Å²) in [6, 6.07) is 7.89. The Balaban J connectivity index is 2.16. The number of esters is 1. The zero-order valence-corrected chi connectivity index (χ0v) is 17.4. The number of carbonyl (C=O) groups excluding carboxylic acids is 1. The maximum atomic E-state index is 12.1. The van der Waals surface area contributed by atoms with Crippen LogP contribution in [0.1, 0.15) is 43.2 Å². The number of hydrogen-bond donors (Lipinski definition) is 1. The minimum absolute atomic E-state index is 0.0770. The standard InChI is InChI=1S/C22H31NO5/c1-6-26-21(25)22(4,5)28-20-16(2)12-18(13-17(20)3)14-23(9-10-24)15-19-8-7-11-27-19/h7-8,11-13,24H,6,9-10,14-15H2,1-5H3. The lowest BCUT2D eigenvalue weighted by Crippen LogP contribution is -2.40. The lowest BCUT2D eigenvalue weighted by Gasteiger charge is -2.27. The molecule has 28 heavy (non-hydrogen) atoms. The lowest BCUT2D eigenvalue weighted by molar-refractivity contribution is -0.158. The van der Waals surface area contributed by atoms with Crippen molar-refractivity contribution >= 4 is 5.97 Å². The van der Waals surface area contributed by atoms with Crippen molar-refractivity contribution in [3.05, 3.63) is 53.0 Å². The second-order valence-electron chi connectivity index (χ2n) is 7.41. The van der Waals surface area contributed by atoms with Gasteiger partial charge in [-0.1, -0.05) is 12.1 Å². The Hall–Kier alpha value is -2.31. The van der Waals surface area contributed by atoms with Crippen molar-refractivity contribution in [2.24, 2.45) is 0 Å². The molecule has 0 amide bonds. The Morgan fingerprint density at radius 2 is 1.89 bits per heavy atom. The van der Waals surface area contributed by atoms with Crippen LogP contribution < -0.4 is 4.74 Å². The maximum absolute atomic E-state index is 12.1. The highest BCUT2D eigenvalue weighted by molar-refractivity contribution is 5.79. The number of hydrogen-bond acceptors (Lipinski definition) is 6. The van der Waals surface area contributed by atoms with Crippen LogP contribution in [0.4, 0.5) is 0 Å². The Morgan fingerprint density at radius 1 is 1.21 bits per heavy atom. The summed E-state index contributed by atoms with van der Waals surface area (Å²) in [5.41, 5.74) is 1.95. The van der Waals surface area contributed by atoms with Crippen LogP contribution in [0.2, 0.25) is 0 Å². The zero-order valence-electron chi connectivity index (χ0n) is 17.4. The summed E-state index contributed by atoms with van der Waals surface area (Å²) in [7, 11) is 0. The van der Waals surface area contributed by atoms with Crippen molar-refractivity contribution in [2.75, 3.05) is 19.8 Å². The third-order valence-electron chi connectivity index (χ3n) is 4.43. The summed E-state index contributed by atoms with van der Waals surface area (Å²) in [6.45, 7) is 11.4. The van der Waals surface area contributed by atoms with E-state index in [0.29, 0.717) is 32.0 Å². The number of aliphatic hydroxyl groups is 1. The average molecular weight is 389 g/mol. The van der Waals surface area contributed by atoms with Crippen LogP contribution in [0.3, 0.4) is 0 Å². The fourth-order valence-corrected chi connectivity index (χ4v) is 3.13. The predicted octanol–water partition coefficient (Wildman–Crippen LogP) is 3.61. The molecule has 0 radical (unpaired) electrons. The van der Waals surface area contributed by atoms with Gasteiger partial charge in [0.05, 0.1) is 26.0 Å². The number of aryl methyl sites for hydroxylation is 2. The van der Waals surface area contributed by atoms with Gasteiger partial charge in [-0.3, -0.25) is 4.90 Å². The van der Waals surface area contributed by atoms with E-state index in [1.165, 1.54) is 0 Å². The number of benzene rings is 1. The number of furan rings is 1. The molecule has 0 aliphatic carbocycles. The molecule has 0 saturated heterocycles. The second kappa shape index (κ2) is 9.75. The Labute approximate surface area is 167 Å². The van der Waals surface area contributed by atoms with Crippen LogP contribution in [0.15, 0.2) is 34.9 Å². The van der Waals surface area contributed by atoms with Gasteiger partial charge in [-0.2, -0.15) is 0 Å². The minimum Gasteiger partial charge on any atom is -0.476 e. The van der Waals surface area contributed by atoms with E-state index in [1.807, 2.05) is 26.0 Å². The molecule has 0 saturated carbocycles. The molecule has 154 valence electrons. The number of rotatable bonds is 10. The highest BCUT2D eigenvalue weighted by Crippen LogP contribution is 2.29. The van der Waals surface area contributed by atoms with Crippen LogP contribution >= 0.6 is 0 Å². The molecule has 2 rings (SSSR count). The molecule has 0 atom stereocenters. The monoisotopic (exact) mass is 389 g/mol. The summed E-state index contributed by atoms with van der Waals surface area (Å²) in [5.74, 6) is 1.17. The van der Waals surface area contributed by atoms with Crippen LogP contribution in [0.25, 0.3) is 0 Å². The summed E-state index contributed by atoms with van der Waals surface area (Å²) < 4.78 is 16.6. The van der Waals surface area contributed by atoms with Crippen molar-refractivity contribution in [3.63, 3.8) is 0 Å². The molecule has 6 nitrogen and oxygen atoms in total. The van der Waals surface area contributed by atoms with Gasteiger partial charge < -0.3 is 19.0 Å². The summed E-state index contributed by atoms with van der Waals surface area (Å²) >= 11 is 0. The van der Waals surface area contributed by atoms with Crippen molar-refractivity contribution in [2.45, 2.75) is 53.3 Å². The van der Waals surface area contributed by atoms with Gasteiger partial charge in [0.2, 0.25) is 0 Å². The SMILES string of the molecule is CCOC(=O)C(C)(C)Oc1c(C)cc(CN(CCO)Cc2ccco2)cc1C. The van der Waals surface area contributed by atoms with E-state index in [1.54, 1.807) is 27.0 Å². The van der Waals surface area contributed by atoms with Crippen LogP contribution in [0.5, 0.6) is 5.75 Å². The molecule has 1 aromatic carbocycles. The molecular formula is C22H31NO5. The Bertz CT molecular complexity index is 744. The molecule has 0 spiro atoms.